The minimum absolute atomic E-state index is 0.103. The average Bonchev–Trinajstić information content (AvgIpc) is 2.42. The van der Waals surface area contributed by atoms with Crippen LogP contribution in [0.25, 0.3) is 0 Å². The van der Waals surface area contributed by atoms with E-state index in [0.29, 0.717) is 5.92 Å². The van der Waals surface area contributed by atoms with E-state index in [-0.39, 0.29) is 11.4 Å². The number of ether oxygens (including phenoxy) is 1. The Morgan fingerprint density at radius 3 is 2.93 bits per heavy atom. The van der Waals surface area contributed by atoms with E-state index in [2.05, 4.69) is 11.5 Å². The molecule has 1 aliphatic heterocycles. The fourth-order valence-electron chi connectivity index (χ4n) is 2.33. The van der Waals surface area contributed by atoms with E-state index in [1.54, 1.807) is 0 Å². The van der Waals surface area contributed by atoms with Gasteiger partial charge in [0.25, 0.3) is 0 Å². The molecular weight excluding hydrogens is 178 g/mol. The van der Waals surface area contributed by atoms with Gasteiger partial charge in [0.2, 0.25) is 0 Å². The molecule has 80 valence electrons. The standard InChI is InChI=1S/C11H19NO2/c1-5-6-9-7-12(3)8-11(9,2)10(13)14-4/h5,9H,1,6-8H2,2-4H3/t9-,11+/m0/s1. The van der Waals surface area contributed by atoms with Crippen LogP contribution in [-0.4, -0.2) is 38.1 Å². The SMILES string of the molecule is C=CC[C@H]1CN(C)C[C@@]1(C)C(=O)OC. The second-order valence-electron chi connectivity index (χ2n) is 4.33. The summed E-state index contributed by atoms with van der Waals surface area (Å²) in [6.45, 7) is 7.43. The third kappa shape index (κ3) is 1.82. The highest BCUT2D eigenvalue weighted by Gasteiger charge is 2.47. The minimum Gasteiger partial charge on any atom is -0.469 e. The number of nitrogens with zero attached hydrogens (tertiary/aromatic N) is 1. The zero-order valence-corrected chi connectivity index (χ0v) is 9.25. The summed E-state index contributed by atoms with van der Waals surface area (Å²) in [6, 6.07) is 0. The molecule has 1 heterocycles. The van der Waals surface area contributed by atoms with Crippen LogP contribution in [0.4, 0.5) is 0 Å². The zero-order chi connectivity index (χ0) is 10.8. The predicted octanol–water partition coefficient (Wildman–Crippen LogP) is 1.30. The lowest BCUT2D eigenvalue weighted by Gasteiger charge is -2.26. The Morgan fingerprint density at radius 2 is 2.43 bits per heavy atom. The quantitative estimate of drug-likeness (QED) is 0.504. The number of hydrogen-bond acceptors (Lipinski definition) is 3. The van der Waals surface area contributed by atoms with Gasteiger partial charge in [-0.2, -0.15) is 0 Å². The van der Waals surface area contributed by atoms with Gasteiger partial charge in [0.15, 0.2) is 0 Å². The number of allylic oxidation sites excluding steroid dienone is 1. The number of carbonyl (C=O) groups excluding carboxylic acids is 1. The highest BCUT2D eigenvalue weighted by atomic mass is 16.5. The van der Waals surface area contributed by atoms with Crippen LogP contribution >= 0.6 is 0 Å². The Balaban J connectivity index is 2.82. The molecule has 0 unspecified atom stereocenters. The molecular formula is C11H19NO2. The molecule has 3 heteroatoms. The first-order valence-electron chi connectivity index (χ1n) is 4.92. The van der Waals surface area contributed by atoms with Gasteiger partial charge in [-0.25, -0.2) is 0 Å². The molecule has 2 atom stereocenters. The number of methoxy groups -OCH3 is 1. The fraction of sp³-hybridized carbons (Fsp3) is 0.727. The first-order chi connectivity index (χ1) is 6.54. The van der Waals surface area contributed by atoms with E-state index in [1.807, 2.05) is 20.0 Å². The second kappa shape index (κ2) is 4.13. The maximum Gasteiger partial charge on any atom is 0.313 e. The van der Waals surface area contributed by atoms with Gasteiger partial charge < -0.3 is 9.64 Å². The topological polar surface area (TPSA) is 29.5 Å². The van der Waals surface area contributed by atoms with Crippen molar-refractivity contribution in [3.05, 3.63) is 12.7 Å². The molecule has 0 radical (unpaired) electrons. The van der Waals surface area contributed by atoms with E-state index in [0.717, 1.165) is 19.5 Å². The first kappa shape index (κ1) is 11.2. The molecule has 3 nitrogen and oxygen atoms in total. The summed E-state index contributed by atoms with van der Waals surface area (Å²) in [5.41, 5.74) is -0.363. The van der Waals surface area contributed by atoms with Crippen LogP contribution in [-0.2, 0) is 9.53 Å². The third-order valence-corrected chi connectivity index (χ3v) is 3.13. The second-order valence-corrected chi connectivity index (χ2v) is 4.33. The van der Waals surface area contributed by atoms with Crippen molar-refractivity contribution in [1.29, 1.82) is 0 Å². The molecule has 0 aromatic carbocycles. The van der Waals surface area contributed by atoms with Crippen molar-refractivity contribution in [1.82, 2.24) is 4.90 Å². The summed E-state index contributed by atoms with van der Waals surface area (Å²) < 4.78 is 4.86. The monoisotopic (exact) mass is 197 g/mol. The number of likely N-dealkylation sites (tertiary alicyclic amines) is 1. The van der Waals surface area contributed by atoms with Crippen molar-refractivity contribution in [2.75, 3.05) is 27.2 Å². The van der Waals surface area contributed by atoms with Crippen molar-refractivity contribution in [3.8, 4) is 0 Å². The molecule has 0 bridgehead atoms. The Labute approximate surface area is 85.7 Å². The van der Waals surface area contributed by atoms with Crippen molar-refractivity contribution >= 4 is 5.97 Å². The first-order valence-corrected chi connectivity index (χ1v) is 4.92. The van der Waals surface area contributed by atoms with Gasteiger partial charge in [0, 0.05) is 13.1 Å². The van der Waals surface area contributed by atoms with Crippen LogP contribution in [0.3, 0.4) is 0 Å². The molecule has 0 aromatic rings. The van der Waals surface area contributed by atoms with Crippen LogP contribution < -0.4 is 0 Å². The van der Waals surface area contributed by atoms with Gasteiger partial charge in [0.05, 0.1) is 12.5 Å². The largest absolute Gasteiger partial charge is 0.469 e. The smallest absolute Gasteiger partial charge is 0.313 e. The highest BCUT2D eigenvalue weighted by molar-refractivity contribution is 5.77. The van der Waals surface area contributed by atoms with Crippen LogP contribution in [0.5, 0.6) is 0 Å². The average molecular weight is 197 g/mol. The van der Waals surface area contributed by atoms with E-state index in [1.165, 1.54) is 7.11 Å². The molecule has 1 rings (SSSR count). The molecule has 0 N–H and O–H groups in total. The normalized spacial score (nSPS) is 32.9. The molecule has 14 heavy (non-hydrogen) atoms. The molecule has 1 aliphatic rings. The Bertz CT molecular complexity index is 239. The van der Waals surface area contributed by atoms with Gasteiger partial charge in [-0.05, 0) is 26.3 Å². The lowest BCUT2D eigenvalue weighted by molar-refractivity contribution is -0.153. The lowest BCUT2D eigenvalue weighted by atomic mass is 9.78. The van der Waals surface area contributed by atoms with Crippen molar-refractivity contribution in [3.63, 3.8) is 0 Å². The number of carbonyl (C=O) groups is 1. The van der Waals surface area contributed by atoms with Gasteiger partial charge in [0.1, 0.15) is 0 Å². The molecule has 0 aromatic heterocycles. The van der Waals surface area contributed by atoms with Crippen molar-refractivity contribution in [2.45, 2.75) is 13.3 Å². The van der Waals surface area contributed by atoms with Gasteiger partial charge in [-0.15, -0.1) is 6.58 Å². The van der Waals surface area contributed by atoms with Crippen molar-refractivity contribution < 1.29 is 9.53 Å². The molecule has 0 amide bonds. The van der Waals surface area contributed by atoms with Crippen molar-refractivity contribution in [2.24, 2.45) is 11.3 Å². The van der Waals surface area contributed by atoms with Crippen LogP contribution in [0.15, 0.2) is 12.7 Å². The molecule has 0 aliphatic carbocycles. The van der Waals surface area contributed by atoms with E-state index in [4.69, 9.17) is 4.74 Å². The molecule has 1 saturated heterocycles. The summed E-state index contributed by atoms with van der Waals surface area (Å²) >= 11 is 0. The van der Waals surface area contributed by atoms with E-state index < -0.39 is 0 Å². The number of hydrogen-bond donors (Lipinski definition) is 0. The maximum absolute atomic E-state index is 11.7. The molecule has 1 fully saturated rings. The molecule has 0 spiro atoms. The minimum atomic E-state index is -0.363. The van der Waals surface area contributed by atoms with E-state index >= 15 is 0 Å². The lowest BCUT2D eigenvalue weighted by Crippen LogP contribution is -2.36. The van der Waals surface area contributed by atoms with Gasteiger partial charge >= 0.3 is 5.97 Å². The van der Waals surface area contributed by atoms with Gasteiger partial charge in [-0.3, -0.25) is 4.79 Å². The Morgan fingerprint density at radius 1 is 1.79 bits per heavy atom. The summed E-state index contributed by atoms with van der Waals surface area (Å²) in [7, 11) is 3.49. The Kier molecular flexibility index (Phi) is 3.32. The summed E-state index contributed by atoms with van der Waals surface area (Å²) in [4.78, 5) is 13.9. The highest BCUT2D eigenvalue weighted by Crippen LogP contribution is 2.38. The summed E-state index contributed by atoms with van der Waals surface area (Å²) in [6.07, 6.45) is 2.75. The van der Waals surface area contributed by atoms with Crippen LogP contribution in [0, 0.1) is 11.3 Å². The molecule has 0 saturated carbocycles. The van der Waals surface area contributed by atoms with E-state index in [9.17, 15) is 4.79 Å². The van der Waals surface area contributed by atoms with Gasteiger partial charge in [-0.1, -0.05) is 6.08 Å². The van der Waals surface area contributed by atoms with Crippen LogP contribution in [0.2, 0.25) is 0 Å². The zero-order valence-electron chi connectivity index (χ0n) is 9.25. The fourth-order valence-corrected chi connectivity index (χ4v) is 2.33. The maximum atomic E-state index is 11.7. The predicted molar refractivity (Wildman–Crippen MR) is 55.9 cm³/mol. The summed E-state index contributed by atoms with van der Waals surface area (Å²) in [5, 5.41) is 0. The summed E-state index contributed by atoms with van der Waals surface area (Å²) in [5.74, 6) is 0.228. The Hall–Kier alpha value is -0.830. The number of esters is 1. The number of rotatable bonds is 3. The third-order valence-electron chi connectivity index (χ3n) is 3.13. The van der Waals surface area contributed by atoms with Crippen LogP contribution in [0.1, 0.15) is 13.3 Å².